The number of aliphatic hydroxyl groups is 1. The van der Waals surface area contributed by atoms with E-state index in [4.69, 9.17) is 15.2 Å². The molecule has 1 aliphatic carbocycles. The molecule has 0 aromatic heterocycles. The van der Waals surface area contributed by atoms with Gasteiger partial charge in [0.2, 0.25) is 5.91 Å². The molecule has 6 nitrogen and oxygen atoms in total. The van der Waals surface area contributed by atoms with Crippen LogP contribution >= 0.6 is 0 Å². The Morgan fingerprint density at radius 1 is 1.44 bits per heavy atom. The normalized spacial score (nSPS) is 25.8. The molecule has 0 bridgehead atoms. The van der Waals surface area contributed by atoms with Gasteiger partial charge in [0.15, 0.2) is 0 Å². The van der Waals surface area contributed by atoms with E-state index in [1.165, 1.54) is 24.3 Å². The third-order valence-electron chi connectivity index (χ3n) is 4.99. The van der Waals surface area contributed by atoms with Gasteiger partial charge >= 0.3 is 0 Å². The molecule has 25 heavy (non-hydrogen) atoms. The van der Waals surface area contributed by atoms with Gasteiger partial charge in [0, 0.05) is 25.0 Å². The fourth-order valence-electron chi connectivity index (χ4n) is 2.97. The van der Waals surface area contributed by atoms with Crippen LogP contribution in [0.1, 0.15) is 27.2 Å². The molecular weight excluding hydrogens is 327 g/mol. The molecule has 0 aliphatic heterocycles. The van der Waals surface area contributed by atoms with Crippen LogP contribution in [0.25, 0.3) is 0 Å². The topological polar surface area (TPSA) is 93.8 Å². The van der Waals surface area contributed by atoms with Crippen molar-refractivity contribution < 1.29 is 23.8 Å². The average molecular weight is 354 g/mol. The zero-order valence-corrected chi connectivity index (χ0v) is 14.9. The zero-order valence-electron chi connectivity index (χ0n) is 14.9. The summed E-state index contributed by atoms with van der Waals surface area (Å²) in [5, 5.41) is 12.6. The highest BCUT2D eigenvalue weighted by Crippen LogP contribution is 2.49. The van der Waals surface area contributed by atoms with E-state index in [1.54, 1.807) is 0 Å². The summed E-state index contributed by atoms with van der Waals surface area (Å²) < 4.78 is 23.8. The van der Waals surface area contributed by atoms with Gasteiger partial charge in [0.05, 0.1) is 6.10 Å². The molecule has 0 radical (unpaired) electrons. The van der Waals surface area contributed by atoms with Crippen LogP contribution in [-0.2, 0) is 9.53 Å². The smallest absolute Gasteiger partial charge is 0.240 e. The number of hydrogen-bond acceptors (Lipinski definition) is 5. The number of amides is 1. The highest BCUT2D eigenvalue weighted by atomic mass is 19.1. The number of nitrogens with two attached hydrogens (primary N) is 1. The fourth-order valence-corrected chi connectivity index (χ4v) is 2.97. The number of ether oxygens (including phenoxy) is 2. The quantitative estimate of drug-likeness (QED) is 0.652. The van der Waals surface area contributed by atoms with Crippen molar-refractivity contribution in [3.05, 3.63) is 30.1 Å². The third kappa shape index (κ3) is 4.11. The van der Waals surface area contributed by atoms with Crippen LogP contribution in [0.4, 0.5) is 4.39 Å². The van der Waals surface area contributed by atoms with Gasteiger partial charge in [0.1, 0.15) is 29.8 Å². The zero-order chi connectivity index (χ0) is 18.7. The van der Waals surface area contributed by atoms with E-state index in [1.807, 2.05) is 20.8 Å². The van der Waals surface area contributed by atoms with Gasteiger partial charge in [-0.25, -0.2) is 4.39 Å². The molecule has 1 aromatic carbocycles. The van der Waals surface area contributed by atoms with E-state index >= 15 is 0 Å². The molecule has 3 unspecified atom stereocenters. The lowest BCUT2D eigenvalue weighted by Gasteiger charge is -2.57. The predicted molar refractivity (Wildman–Crippen MR) is 91.6 cm³/mol. The Bertz CT molecular complexity index is 593. The molecule has 0 spiro atoms. The standard InChI is InChI=1S/C18H27FN2O4/c1-4-24-15-9-18(20,17(15,2)3)16(23)21-10-13(22)11-25-14-7-5-12(19)6-8-14/h5-8,13,15,22H,4,9-11,20H2,1-3H3,(H,21,23). The van der Waals surface area contributed by atoms with Gasteiger partial charge in [-0.2, -0.15) is 0 Å². The molecule has 3 atom stereocenters. The van der Waals surface area contributed by atoms with Gasteiger partial charge in [-0.15, -0.1) is 0 Å². The highest BCUT2D eigenvalue weighted by Gasteiger charge is 2.62. The Kier molecular flexibility index (Phi) is 6.03. The van der Waals surface area contributed by atoms with Crippen LogP contribution < -0.4 is 15.8 Å². The second kappa shape index (κ2) is 7.68. The summed E-state index contributed by atoms with van der Waals surface area (Å²) >= 11 is 0. The first-order chi connectivity index (χ1) is 11.7. The number of carbonyl (C=O) groups is 1. The summed E-state index contributed by atoms with van der Waals surface area (Å²) in [6.45, 7) is 6.30. The van der Waals surface area contributed by atoms with Crippen molar-refractivity contribution in [1.29, 1.82) is 0 Å². The van der Waals surface area contributed by atoms with Crippen LogP contribution in [0.2, 0.25) is 0 Å². The monoisotopic (exact) mass is 354 g/mol. The summed E-state index contributed by atoms with van der Waals surface area (Å²) in [6.07, 6.45) is -0.509. The minimum Gasteiger partial charge on any atom is -0.491 e. The lowest BCUT2D eigenvalue weighted by atomic mass is 9.54. The Morgan fingerprint density at radius 3 is 2.64 bits per heavy atom. The number of halogens is 1. The lowest BCUT2D eigenvalue weighted by molar-refractivity contribution is -0.171. The van der Waals surface area contributed by atoms with E-state index in [9.17, 15) is 14.3 Å². The van der Waals surface area contributed by atoms with E-state index in [2.05, 4.69) is 5.32 Å². The number of aliphatic hydroxyl groups excluding tert-OH is 1. The Hall–Kier alpha value is -1.70. The number of carbonyl (C=O) groups excluding carboxylic acids is 1. The largest absolute Gasteiger partial charge is 0.491 e. The molecular formula is C18H27FN2O4. The van der Waals surface area contributed by atoms with E-state index in [0.29, 0.717) is 18.8 Å². The predicted octanol–water partition coefficient (Wildman–Crippen LogP) is 1.21. The molecule has 1 saturated carbocycles. The van der Waals surface area contributed by atoms with Crippen LogP contribution in [0.3, 0.4) is 0 Å². The minimum atomic E-state index is -1.02. The summed E-state index contributed by atoms with van der Waals surface area (Å²) in [4.78, 5) is 12.4. The highest BCUT2D eigenvalue weighted by molar-refractivity contribution is 5.88. The second-order valence-electron chi connectivity index (χ2n) is 6.97. The maximum Gasteiger partial charge on any atom is 0.240 e. The van der Waals surface area contributed by atoms with Gasteiger partial charge < -0.3 is 25.6 Å². The first-order valence-electron chi connectivity index (χ1n) is 8.46. The molecule has 0 saturated heterocycles. The first-order valence-corrected chi connectivity index (χ1v) is 8.46. The van der Waals surface area contributed by atoms with Crippen molar-refractivity contribution in [2.24, 2.45) is 11.1 Å². The Morgan fingerprint density at radius 2 is 2.08 bits per heavy atom. The van der Waals surface area contributed by atoms with Crippen molar-refractivity contribution in [3.8, 4) is 5.75 Å². The molecule has 1 fully saturated rings. The summed E-state index contributed by atoms with van der Waals surface area (Å²) in [6, 6.07) is 5.49. The van der Waals surface area contributed by atoms with Gasteiger partial charge in [-0.1, -0.05) is 13.8 Å². The number of rotatable bonds is 8. The van der Waals surface area contributed by atoms with Crippen molar-refractivity contribution in [2.75, 3.05) is 19.8 Å². The van der Waals surface area contributed by atoms with Crippen molar-refractivity contribution in [3.63, 3.8) is 0 Å². The van der Waals surface area contributed by atoms with Crippen LogP contribution in [-0.4, -0.2) is 48.5 Å². The van der Waals surface area contributed by atoms with E-state index < -0.39 is 17.1 Å². The minimum absolute atomic E-state index is 0.0194. The van der Waals surface area contributed by atoms with Gasteiger partial charge in [0.25, 0.3) is 0 Å². The maximum atomic E-state index is 12.8. The molecule has 1 aromatic rings. The van der Waals surface area contributed by atoms with Gasteiger partial charge in [-0.05, 0) is 31.2 Å². The second-order valence-corrected chi connectivity index (χ2v) is 6.97. The van der Waals surface area contributed by atoms with Crippen molar-refractivity contribution >= 4 is 5.91 Å². The summed E-state index contributed by atoms with van der Waals surface area (Å²) in [5.41, 5.74) is 4.76. The molecule has 140 valence electrons. The maximum absolute atomic E-state index is 12.8. The van der Waals surface area contributed by atoms with E-state index in [-0.39, 0.29) is 31.0 Å². The Balaban J connectivity index is 1.78. The van der Waals surface area contributed by atoms with Crippen LogP contribution in [0.15, 0.2) is 24.3 Å². The van der Waals surface area contributed by atoms with E-state index in [0.717, 1.165) is 0 Å². The summed E-state index contributed by atoms with van der Waals surface area (Å²) in [5.74, 6) is -0.224. The molecule has 1 aliphatic rings. The third-order valence-corrected chi connectivity index (χ3v) is 4.99. The lowest BCUT2D eigenvalue weighted by Crippen LogP contribution is -2.76. The Labute approximate surface area is 147 Å². The van der Waals surface area contributed by atoms with Crippen LogP contribution in [0.5, 0.6) is 5.75 Å². The van der Waals surface area contributed by atoms with Crippen molar-refractivity contribution in [1.82, 2.24) is 5.32 Å². The fraction of sp³-hybridized carbons (Fsp3) is 0.611. The number of hydrogen-bond donors (Lipinski definition) is 3. The molecule has 7 heteroatoms. The molecule has 4 N–H and O–H groups in total. The van der Waals surface area contributed by atoms with Crippen molar-refractivity contribution in [2.45, 2.75) is 44.9 Å². The van der Waals surface area contributed by atoms with Crippen LogP contribution in [0, 0.1) is 11.2 Å². The molecule has 1 amide bonds. The first kappa shape index (κ1) is 19.6. The number of nitrogens with one attached hydrogen (secondary N) is 1. The SMILES string of the molecule is CCOC1CC(N)(C(=O)NCC(O)COc2ccc(F)cc2)C1(C)C. The number of benzene rings is 1. The summed E-state index contributed by atoms with van der Waals surface area (Å²) in [7, 11) is 0. The molecule has 0 heterocycles. The van der Waals surface area contributed by atoms with Gasteiger partial charge in [-0.3, -0.25) is 4.79 Å². The average Bonchev–Trinajstić information content (AvgIpc) is 2.58. The molecule has 2 rings (SSSR count).